The molecule has 0 spiro atoms. The molecule has 3 heteroatoms. The van der Waals surface area contributed by atoms with Crippen LogP contribution in [0.5, 0.6) is 0 Å². The summed E-state index contributed by atoms with van der Waals surface area (Å²) in [5.41, 5.74) is 0.670. The van der Waals surface area contributed by atoms with Crippen LogP contribution in [0.3, 0.4) is 0 Å². The molecule has 0 amide bonds. The lowest BCUT2D eigenvalue weighted by Crippen LogP contribution is -1.85. The number of benzene rings is 2. The van der Waals surface area contributed by atoms with Gasteiger partial charge in [0.2, 0.25) is 0 Å². The summed E-state index contributed by atoms with van der Waals surface area (Å²) in [6.07, 6.45) is 0. The summed E-state index contributed by atoms with van der Waals surface area (Å²) < 4.78 is 26.3. The summed E-state index contributed by atoms with van der Waals surface area (Å²) in [5, 5.41) is 0.313. The Morgan fingerprint density at radius 3 is 2.53 bits per heavy atom. The first kappa shape index (κ1) is 10.1. The Morgan fingerprint density at radius 1 is 1.07 bits per heavy atom. The van der Waals surface area contributed by atoms with Gasteiger partial charge in [-0.1, -0.05) is 17.7 Å². The van der Waals surface area contributed by atoms with Gasteiger partial charge in [0, 0.05) is 10.6 Å². The molecule has 0 atom stereocenters. The summed E-state index contributed by atoms with van der Waals surface area (Å²) in [4.78, 5) is 0. The van der Waals surface area contributed by atoms with Crippen molar-refractivity contribution in [2.24, 2.45) is 0 Å². The van der Waals surface area contributed by atoms with Crippen LogP contribution in [-0.4, -0.2) is 0 Å². The molecule has 0 aliphatic carbocycles. The average Bonchev–Trinajstić information content (AvgIpc) is 2.17. The van der Waals surface area contributed by atoms with E-state index in [9.17, 15) is 8.78 Å². The highest BCUT2D eigenvalue weighted by Crippen LogP contribution is 2.25. The third kappa shape index (κ3) is 2.16. The second kappa shape index (κ2) is 3.99. The van der Waals surface area contributed by atoms with Crippen molar-refractivity contribution in [2.75, 3.05) is 0 Å². The lowest BCUT2D eigenvalue weighted by molar-refractivity contribution is 0.624. The van der Waals surface area contributed by atoms with Gasteiger partial charge in [-0.05, 0) is 42.0 Å². The van der Waals surface area contributed by atoms with Gasteiger partial charge >= 0.3 is 0 Å². The maximum atomic E-state index is 13.4. The van der Waals surface area contributed by atoms with Gasteiger partial charge in [0.1, 0.15) is 11.6 Å². The van der Waals surface area contributed by atoms with Crippen LogP contribution in [0.25, 0.3) is 11.1 Å². The smallest absolute Gasteiger partial charge is 0.132 e. The average molecular weight is 224 g/mol. The van der Waals surface area contributed by atoms with E-state index in [1.54, 1.807) is 6.07 Å². The Bertz CT molecular complexity index is 495. The zero-order valence-corrected chi connectivity index (χ0v) is 8.35. The zero-order chi connectivity index (χ0) is 10.8. The molecule has 75 valence electrons. The minimum atomic E-state index is -0.482. The number of hydrogen-bond acceptors (Lipinski definition) is 0. The van der Waals surface area contributed by atoms with Crippen LogP contribution in [-0.2, 0) is 0 Å². The molecule has 1 radical (unpaired) electrons. The molecule has 0 nitrogen and oxygen atoms in total. The fourth-order valence-electron chi connectivity index (χ4n) is 1.30. The summed E-state index contributed by atoms with van der Waals surface area (Å²) in [6.45, 7) is 0. The molecule has 0 fully saturated rings. The van der Waals surface area contributed by atoms with Gasteiger partial charge in [0.05, 0.1) is 0 Å². The van der Waals surface area contributed by atoms with Crippen LogP contribution in [0.4, 0.5) is 8.78 Å². The van der Waals surface area contributed by atoms with Crippen molar-refractivity contribution < 1.29 is 8.78 Å². The third-order valence-electron chi connectivity index (χ3n) is 1.98. The van der Waals surface area contributed by atoms with E-state index in [4.69, 9.17) is 11.6 Å². The zero-order valence-electron chi connectivity index (χ0n) is 7.60. The molecule has 0 heterocycles. The number of rotatable bonds is 1. The standard InChI is InChI=1S/C12H6ClF2/c13-9-4-5-11(12(15)7-9)8-2-1-3-10(14)6-8/h1,3-7H. The SMILES string of the molecule is Fc1cc[c]c(-c2ccc(Cl)cc2F)c1. The molecule has 0 aliphatic rings. The minimum absolute atomic E-state index is 0.291. The van der Waals surface area contributed by atoms with E-state index in [2.05, 4.69) is 6.07 Å². The number of halogens is 3. The lowest BCUT2D eigenvalue weighted by atomic mass is 10.1. The molecule has 0 saturated heterocycles. The Balaban J connectivity index is 2.54. The van der Waals surface area contributed by atoms with Gasteiger partial charge in [-0.15, -0.1) is 0 Å². The quantitative estimate of drug-likeness (QED) is 0.683. The van der Waals surface area contributed by atoms with Crippen LogP contribution in [0.2, 0.25) is 5.02 Å². The maximum absolute atomic E-state index is 13.4. The van der Waals surface area contributed by atoms with E-state index in [1.807, 2.05) is 0 Å². The maximum Gasteiger partial charge on any atom is 0.132 e. The van der Waals surface area contributed by atoms with Gasteiger partial charge in [-0.25, -0.2) is 8.78 Å². The molecule has 15 heavy (non-hydrogen) atoms. The topological polar surface area (TPSA) is 0 Å². The van der Waals surface area contributed by atoms with E-state index >= 15 is 0 Å². The summed E-state index contributed by atoms with van der Waals surface area (Å²) in [7, 11) is 0. The van der Waals surface area contributed by atoms with Crippen LogP contribution in [0, 0.1) is 17.7 Å². The predicted molar refractivity (Wildman–Crippen MR) is 55.6 cm³/mol. The van der Waals surface area contributed by atoms with E-state index in [1.165, 1.54) is 30.3 Å². The van der Waals surface area contributed by atoms with Gasteiger partial charge in [-0.2, -0.15) is 0 Å². The molecule has 0 saturated carbocycles. The summed E-state index contributed by atoms with van der Waals surface area (Å²) >= 11 is 5.61. The van der Waals surface area contributed by atoms with Crippen molar-refractivity contribution in [1.82, 2.24) is 0 Å². The first-order valence-corrected chi connectivity index (χ1v) is 4.67. The van der Waals surface area contributed by atoms with Crippen LogP contribution < -0.4 is 0 Å². The second-order valence-corrected chi connectivity index (χ2v) is 3.48. The first-order chi connectivity index (χ1) is 7.16. The van der Waals surface area contributed by atoms with E-state index in [0.717, 1.165) is 0 Å². The monoisotopic (exact) mass is 223 g/mol. The van der Waals surface area contributed by atoms with E-state index < -0.39 is 11.6 Å². The fourth-order valence-corrected chi connectivity index (χ4v) is 1.46. The molecule has 0 aliphatic heterocycles. The van der Waals surface area contributed by atoms with Crippen molar-refractivity contribution in [2.45, 2.75) is 0 Å². The molecule has 0 aromatic heterocycles. The van der Waals surface area contributed by atoms with Crippen molar-refractivity contribution in [3.8, 4) is 11.1 Å². The highest BCUT2D eigenvalue weighted by atomic mass is 35.5. The molecular weight excluding hydrogens is 218 g/mol. The van der Waals surface area contributed by atoms with Gasteiger partial charge in [-0.3, -0.25) is 0 Å². The molecule has 2 rings (SSSR count). The normalized spacial score (nSPS) is 10.3. The van der Waals surface area contributed by atoms with Crippen LogP contribution in [0.15, 0.2) is 36.4 Å². The highest BCUT2D eigenvalue weighted by molar-refractivity contribution is 6.30. The summed E-state index contributed by atoms with van der Waals surface area (Å²) in [6, 6.07) is 10.9. The van der Waals surface area contributed by atoms with Crippen LogP contribution in [0.1, 0.15) is 0 Å². The summed E-state index contributed by atoms with van der Waals surface area (Å²) in [5.74, 6) is -0.901. The highest BCUT2D eigenvalue weighted by Gasteiger charge is 2.06. The van der Waals surface area contributed by atoms with E-state index in [-0.39, 0.29) is 0 Å². The van der Waals surface area contributed by atoms with Crippen molar-refractivity contribution in [3.63, 3.8) is 0 Å². The Morgan fingerprint density at radius 2 is 1.87 bits per heavy atom. The molecule has 0 N–H and O–H groups in total. The molecule has 2 aromatic carbocycles. The minimum Gasteiger partial charge on any atom is -0.207 e. The third-order valence-corrected chi connectivity index (χ3v) is 2.22. The Kier molecular flexibility index (Phi) is 2.69. The van der Waals surface area contributed by atoms with Crippen molar-refractivity contribution >= 4 is 11.6 Å². The predicted octanol–water partition coefficient (Wildman–Crippen LogP) is 4.09. The number of hydrogen-bond donors (Lipinski definition) is 0. The van der Waals surface area contributed by atoms with E-state index in [0.29, 0.717) is 16.1 Å². The molecule has 2 aromatic rings. The Hall–Kier alpha value is -1.41. The Labute approximate surface area is 91.1 Å². The molecule has 0 bridgehead atoms. The van der Waals surface area contributed by atoms with Crippen molar-refractivity contribution in [1.29, 1.82) is 0 Å². The fraction of sp³-hybridized carbons (Fsp3) is 0. The molecular formula is C12H6ClF2. The van der Waals surface area contributed by atoms with Gasteiger partial charge in [0.15, 0.2) is 0 Å². The van der Waals surface area contributed by atoms with Gasteiger partial charge < -0.3 is 0 Å². The first-order valence-electron chi connectivity index (χ1n) is 4.29. The largest absolute Gasteiger partial charge is 0.207 e. The van der Waals surface area contributed by atoms with Crippen molar-refractivity contribution in [3.05, 3.63) is 59.1 Å². The molecule has 0 unspecified atom stereocenters. The van der Waals surface area contributed by atoms with Crippen LogP contribution >= 0.6 is 11.6 Å². The lowest BCUT2D eigenvalue weighted by Gasteiger charge is -2.03. The second-order valence-electron chi connectivity index (χ2n) is 3.04. The van der Waals surface area contributed by atoms with Gasteiger partial charge in [0.25, 0.3) is 0 Å².